The van der Waals surface area contributed by atoms with Gasteiger partial charge in [0.15, 0.2) is 0 Å². The van der Waals surface area contributed by atoms with Gasteiger partial charge in [-0.05, 0) is 18.6 Å². The van der Waals surface area contributed by atoms with Gasteiger partial charge in [-0.15, -0.1) is 0 Å². The number of hydrogen-bond acceptors (Lipinski definition) is 4. The largest absolute Gasteiger partial charge is 0.284 e. The van der Waals surface area contributed by atoms with Gasteiger partial charge in [0.05, 0.1) is 12.0 Å². The summed E-state index contributed by atoms with van der Waals surface area (Å²) in [4.78, 5) is 26.6. The summed E-state index contributed by atoms with van der Waals surface area (Å²) >= 11 is 0. The first-order chi connectivity index (χ1) is 7.47. The van der Waals surface area contributed by atoms with Crippen LogP contribution in [-0.2, 0) is 4.84 Å². The lowest BCUT2D eigenvalue weighted by Crippen LogP contribution is -2.26. The molecule has 1 aromatic rings. The number of rotatable bonds is 3. The lowest BCUT2D eigenvalue weighted by molar-refractivity contribution is -0.385. The predicted molar refractivity (Wildman–Crippen MR) is 56.9 cm³/mol. The van der Waals surface area contributed by atoms with Crippen molar-refractivity contribution in [2.75, 3.05) is 14.2 Å². The fourth-order valence-electron chi connectivity index (χ4n) is 1.23. The molecule has 0 N–H and O–H groups in total. The molecule has 6 heteroatoms. The molecule has 1 rings (SSSR count). The zero-order valence-corrected chi connectivity index (χ0v) is 9.26. The van der Waals surface area contributed by atoms with E-state index in [1.54, 1.807) is 13.0 Å². The normalized spacial score (nSPS) is 9.94. The second-order valence-electron chi connectivity index (χ2n) is 3.26. The molecule has 0 saturated carbocycles. The lowest BCUT2D eigenvalue weighted by atomic mass is 10.1. The zero-order chi connectivity index (χ0) is 12.3. The van der Waals surface area contributed by atoms with Crippen LogP contribution in [0.2, 0.25) is 0 Å². The average Bonchev–Trinajstić information content (AvgIpc) is 2.26. The molecule has 0 atom stereocenters. The number of benzene rings is 1. The number of nitro benzene ring substituents is 1. The highest BCUT2D eigenvalue weighted by atomic mass is 16.7. The van der Waals surface area contributed by atoms with Crippen LogP contribution in [0, 0.1) is 17.0 Å². The van der Waals surface area contributed by atoms with Gasteiger partial charge in [0.1, 0.15) is 5.56 Å². The van der Waals surface area contributed by atoms with Crippen molar-refractivity contribution in [2.24, 2.45) is 0 Å². The third kappa shape index (κ3) is 2.34. The molecule has 0 radical (unpaired) electrons. The highest BCUT2D eigenvalue weighted by Gasteiger charge is 2.22. The third-order valence-electron chi connectivity index (χ3n) is 2.14. The Labute approximate surface area is 92.5 Å². The van der Waals surface area contributed by atoms with E-state index in [0.717, 1.165) is 10.6 Å². The minimum atomic E-state index is -0.587. The van der Waals surface area contributed by atoms with Gasteiger partial charge >= 0.3 is 0 Å². The van der Waals surface area contributed by atoms with Gasteiger partial charge < -0.3 is 0 Å². The molecule has 0 fully saturated rings. The van der Waals surface area contributed by atoms with E-state index in [2.05, 4.69) is 0 Å². The van der Waals surface area contributed by atoms with Crippen LogP contribution in [0.25, 0.3) is 0 Å². The Kier molecular flexibility index (Phi) is 3.57. The van der Waals surface area contributed by atoms with Crippen LogP contribution < -0.4 is 0 Å². The molecule has 0 aromatic heterocycles. The van der Waals surface area contributed by atoms with E-state index < -0.39 is 10.8 Å². The van der Waals surface area contributed by atoms with E-state index >= 15 is 0 Å². The van der Waals surface area contributed by atoms with Gasteiger partial charge in [-0.25, -0.2) is 5.06 Å². The first kappa shape index (κ1) is 12.1. The SMILES string of the molecule is CON(C)C(=O)c1cc(C)ccc1[N+](=O)[O-]. The molecule has 0 aliphatic rings. The van der Waals surface area contributed by atoms with Crippen molar-refractivity contribution in [3.05, 3.63) is 39.4 Å². The maximum atomic E-state index is 11.7. The molecule has 86 valence electrons. The second-order valence-corrected chi connectivity index (χ2v) is 3.26. The molecule has 16 heavy (non-hydrogen) atoms. The van der Waals surface area contributed by atoms with Crippen LogP contribution in [-0.4, -0.2) is 30.1 Å². The predicted octanol–water partition coefficient (Wildman–Crippen LogP) is 1.54. The van der Waals surface area contributed by atoms with Crippen molar-refractivity contribution in [3.8, 4) is 0 Å². The van der Waals surface area contributed by atoms with Crippen molar-refractivity contribution in [1.29, 1.82) is 0 Å². The molecule has 0 aliphatic heterocycles. The number of aryl methyl sites for hydroxylation is 1. The van der Waals surface area contributed by atoms with Gasteiger partial charge in [-0.3, -0.25) is 19.7 Å². The molecule has 0 unspecified atom stereocenters. The van der Waals surface area contributed by atoms with Gasteiger partial charge in [-0.1, -0.05) is 6.07 Å². The van der Waals surface area contributed by atoms with E-state index in [9.17, 15) is 14.9 Å². The monoisotopic (exact) mass is 224 g/mol. The van der Waals surface area contributed by atoms with Crippen LogP contribution in [0.3, 0.4) is 0 Å². The molecule has 0 heterocycles. The summed E-state index contributed by atoms with van der Waals surface area (Å²) in [5.41, 5.74) is 0.576. The fraction of sp³-hybridized carbons (Fsp3) is 0.300. The quantitative estimate of drug-likeness (QED) is 0.576. The second kappa shape index (κ2) is 4.71. The minimum Gasteiger partial charge on any atom is -0.274 e. The first-order valence-corrected chi connectivity index (χ1v) is 4.54. The number of amides is 1. The summed E-state index contributed by atoms with van der Waals surface area (Å²) in [5.74, 6) is -0.544. The van der Waals surface area contributed by atoms with Crippen molar-refractivity contribution in [2.45, 2.75) is 6.92 Å². The maximum Gasteiger partial charge on any atom is 0.284 e. The van der Waals surface area contributed by atoms with Crippen molar-refractivity contribution in [1.82, 2.24) is 5.06 Å². The van der Waals surface area contributed by atoms with E-state index in [1.807, 2.05) is 0 Å². The van der Waals surface area contributed by atoms with Gasteiger partial charge in [0, 0.05) is 13.1 Å². The van der Waals surface area contributed by atoms with E-state index in [4.69, 9.17) is 4.84 Å². The molecule has 0 saturated heterocycles. The Hall–Kier alpha value is -1.95. The first-order valence-electron chi connectivity index (χ1n) is 4.54. The zero-order valence-electron chi connectivity index (χ0n) is 9.26. The van der Waals surface area contributed by atoms with E-state index in [1.165, 1.54) is 26.3 Å². The van der Waals surface area contributed by atoms with Crippen LogP contribution in [0.15, 0.2) is 18.2 Å². The van der Waals surface area contributed by atoms with E-state index in [0.29, 0.717) is 0 Å². The topological polar surface area (TPSA) is 72.7 Å². The van der Waals surface area contributed by atoms with Gasteiger partial charge in [0.25, 0.3) is 11.6 Å². The minimum absolute atomic E-state index is 0.0225. The standard InChI is InChI=1S/C10H12N2O4/c1-7-4-5-9(12(14)15)8(6-7)10(13)11(2)16-3/h4-6H,1-3H3. The van der Waals surface area contributed by atoms with Crippen LogP contribution in [0.5, 0.6) is 0 Å². The highest BCUT2D eigenvalue weighted by molar-refractivity contribution is 5.97. The van der Waals surface area contributed by atoms with Crippen LogP contribution in [0.1, 0.15) is 15.9 Å². The number of carbonyl (C=O) groups excluding carboxylic acids is 1. The number of hydroxylamine groups is 2. The summed E-state index contributed by atoms with van der Waals surface area (Å²) in [6.45, 7) is 1.76. The number of carbonyl (C=O) groups is 1. The molecule has 1 aromatic carbocycles. The smallest absolute Gasteiger partial charge is 0.274 e. The average molecular weight is 224 g/mol. The Morgan fingerprint density at radius 1 is 1.50 bits per heavy atom. The van der Waals surface area contributed by atoms with Gasteiger partial charge in [-0.2, -0.15) is 0 Å². The number of nitro groups is 1. The van der Waals surface area contributed by atoms with Crippen LogP contribution in [0.4, 0.5) is 5.69 Å². The molecule has 1 amide bonds. The molecular formula is C10H12N2O4. The van der Waals surface area contributed by atoms with Crippen molar-refractivity contribution >= 4 is 11.6 Å². The lowest BCUT2D eigenvalue weighted by Gasteiger charge is -2.13. The Morgan fingerprint density at radius 3 is 2.62 bits per heavy atom. The molecule has 0 aliphatic carbocycles. The Bertz CT molecular complexity index is 431. The van der Waals surface area contributed by atoms with E-state index in [-0.39, 0.29) is 11.3 Å². The highest BCUT2D eigenvalue weighted by Crippen LogP contribution is 2.21. The number of nitrogens with zero attached hydrogens (tertiary/aromatic N) is 2. The summed E-state index contributed by atoms with van der Waals surface area (Å²) in [6, 6.07) is 4.36. The molecular weight excluding hydrogens is 212 g/mol. The third-order valence-corrected chi connectivity index (χ3v) is 2.14. The summed E-state index contributed by atoms with van der Waals surface area (Å²) < 4.78 is 0. The molecule has 0 bridgehead atoms. The fourth-order valence-corrected chi connectivity index (χ4v) is 1.23. The van der Waals surface area contributed by atoms with Crippen molar-refractivity contribution in [3.63, 3.8) is 0 Å². The molecule has 6 nitrogen and oxygen atoms in total. The summed E-state index contributed by atoms with van der Waals surface area (Å²) in [7, 11) is 2.72. The Balaban J connectivity index is 3.24. The number of hydrogen-bond donors (Lipinski definition) is 0. The van der Waals surface area contributed by atoms with Crippen LogP contribution >= 0.6 is 0 Å². The summed E-state index contributed by atoms with van der Waals surface area (Å²) in [5, 5.41) is 11.7. The Morgan fingerprint density at radius 2 is 2.12 bits per heavy atom. The van der Waals surface area contributed by atoms with Crippen molar-refractivity contribution < 1.29 is 14.6 Å². The maximum absolute atomic E-state index is 11.7. The summed E-state index contributed by atoms with van der Waals surface area (Å²) in [6.07, 6.45) is 0. The van der Waals surface area contributed by atoms with Gasteiger partial charge in [0.2, 0.25) is 0 Å². The molecule has 0 spiro atoms.